The third-order valence-corrected chi connectivity index (χ3v) is 5.93. The van der Waals surface area contributed by atoms with E-state index in [2.05, 4.69) is 15.0 Å². The molecule has 6 N–H and O–H groups in total. The highest BCUT2D eigenvalue weighted by molar-refractivity contribution is 8.00. The fraction of sp³-hybridized carbons (Fsp3) is 0.357. The Hall–Kier alpha value is -2.80. The van der Waals surface area contributed by atoms with Crippen LogP contribution in [0.3, 0.4) is 0 Å². The third kappa shape index (κ3) is 3.83. The molecule has 0 bridgehead atoms. The number of thiazole rings is 1. The Balaban J connectivity index is 1.68. The number of nitrogens with one attached hydrogen (secondary N) is 1. The Kier molecular flexibility index (Phi) is 5.23. The van der Waals surface area contributed by atoms with Crippen LogP contribution >= 0.6 is 23.1 Å². The third-order valence-electron chi connectivity index (χ3n) is 3.87. The van der Waals surface area contributed by atoms with Crippen molar-refractivity contribution < 1.29 is 29.0 Å². The first kappa shape index (κ1) is 19.0. The molecule has 2 aliphatic heterocycles. The number of hydrogen-bond donors (Lipinski definition) is 4. The molecule has 0 radical (unpaired) electrons. The summed E-state index contributed by atoms with van der Waals surface area (Å²) in [7, 11) is 0. The second kappa shape index (κ2) is 7.44. The number of carbonyl (C=O) groups is 4. The minimum Gasteiger partial charge on any atom is -0.477 e. The van der Waals surface area contributed by atoms with Crippen molar-refractivity contribution in [2.45, 2.75) is 17.8 Å². The second-order valence-electron chi connectivity index (χ2n) is 5.67. The first-order valence-electron chi connectivity index (χ1n) is 7.59. The molecule has 3 amide bonds. The Morgan fingerprint density at radius 2 is 2.19 bits per heavy atom. The number of carboxylic acids is 1. The van der Waals surface area contributed by atoms with Crippen LogP contribution in [0.4, 0.5) is 9.93 Å². The van der Waals surface area contributed by atoms with Crippen molar-refractivity contribution in [2.24, 2.45) is 5.73 Å². The van der Waals surface area contributed by atoms with Crippen LogP contribution in [0.1, 0.15) is 5.69 Å². The highest BCUT2D eigenvalue weighted by Gasteiger charge is 2.54. The molecule has 13 heteroatoms. The monoisotopic (exact) mass is 413 g/mol. The molecule has 0 aromatic carbocycles. The molecule has 11 nitrogen and oxygen atoms in total. The second-order valence-corrected chi connectivity index (χ2v) is 7.67. The van der Waals surface area contributed by atoms with Crippen LogP contribution in [-0.4, -0.2) is 62.6 Å². The molecule has 2 aliphatic rings. The molecule has 1 fully saturated rings. The van der Waals surface area contributed by atoms with Crippen molar-refractivity contribution in [3.8, 4) is 0 Å². The van der Waals surface area contributed by atoms with Crippen LogP contribution in [0.2, 0.25) is 0 Å². The van der Waals surface area contributed by atoms with Crippen molar-refractivity contribution in [3.63, 3.8) is 0 Å². The van der Waals surface area contributed by atoms with Gasteiger partial charge in [-0.25, -0.2) is 14.6 Å². The predicted molar refractivity (Wildman–Crippen MR) is 95.5 cm³/mol. The highest BCUT2D eigenvalue weighted by atomic mass is 32.2. The first-order valence-corrected chi connectivity index (χ1v) is 9.52. The lowest BCUT2D eigenvalue weighted by Crippen LogP contribution is -2.70. The van der Waals surface area contributed by atoms with Gasteiger partial charge in [-0.2, -0.15) is 0 Å². The van der Waals surface area contributed by atoms with Crippen molar-refractivity contribution in [1.29, 1.82) is 0 Å². The number of anilines is 1. The summed E-state index contributed by atoms with van der Waals surface area (Å²) in [6.07, 6.45) is -1.07. The number of ether oxygens (including phenoxy) is 1. The maximum atomic E-state index is 12.4. The van der Waals surface area contributed by atoms with E-state index in [0.29, 0.717) is 10.8 Å². The standard InChI is InChI=1S/C14H15N5O6S2/c15-13-17-6(4-27-13)1-7(20)18-8-10(21)19-9(12(22)23)5(2-25-14(16)24)3-26-11(8)19/h4,8,11H,1-3H2,(H2,15,17)(H2,16,24)(H,18,20)(H,22,23)/t8?,11-/m0/s1. The van der Waals surface area contributed by atoms with E-state index in [9.17, 15) is 24.3 Å². The van der Waals surface area contributed by atoms with Crippen molar-refractivity contribution in [3.05, 3.63) is 22.3 Å². The zero-order chi connectivity index (χ0) is 19.7. The zero-order valence-corrected chi connectivity index (χ0v) is 15.3. The minimum atomic E-state index is -1.32. The average Bonchev–Trinajstić information content (AvgIpc) is 3.01. The lowest BCUT2D eigenvalue weighted by molar-refractivity contribution is -0.150. The fourth-order valence-electron chi connectivity index (χ4n) is 2.75. The van der Waals surface area contributed by atoms with Crippen LogP contribution < -0.4 is 16.8 Å². The summed E-state index contributed by atoms with van der Waals surface area (Å²) < 4.78 is 4.64. The van der Waals surface area contributed by atoms with Gasteiger partial charge in [0.2, 0.25) is 5.91 Å². The van der Waals surface area contributed by atoms with Crippen LogP contribution in [0.15, 0.2) is 16.7 Å². The molecular weight excluding hydrogens is 398 g/mol. The van der Waals surface area contributed by atoms with Gasteiger partial charge in [-0.1, -0.05) is 0 Å². The number of nitrogens with two attached hydrogens (primary N) is 2. The Morgan fingerprint density at radius 1 is 1.44 bits per heavy atom. The van der Waals surface area contributed by atoms with Crippen LogP contribution in [0.5, 0.6) is 0 Å². The van der Waals surface area contributed by atoms with Gasteiger partial charge in [0, 0.05) is 16.7 Å². The smallest absolute Gasteiger partial charge is 0.404 e. The number of nitrogens with zero attached hydrogens (tertiary/aromatic N) is 2. The summed E-state index contributed by atoms with van der Waals surface area (Å²) >= 11 is 2.47. The minimum absolute atomic E-state index is 0.0335. The maximum absolute atomic E-state index is 12.4. The van der Waals surface area contributed by atoms with E-state index in [1.54, 1.807) is 5.38 Å². The lowest BCUT2D eigenvalue weighted by atomic mass is 10.0. The van der Waals surface area contributed by atoms with E-state index >= 15 is 0 Å². The molecule has 1 saturated heterocycles. The predicted octanol–water partition coefficient (Wildman–Crippen LogP) is -0.898. The van der Waals surface area contributed by atoms with E-state index in [1.165, 1.54) is 23.1 Å². The van der Waals surface area contributed by atoms with Gasteiger partial charge in [0.1, 0.15) is 23.7 Å². The summed E-state index contributed by atoms with van der Waals surface area (Å²) in [6, 6.07) is -0.841. The van der Waals surface area contributed by atoms with E-state index in [4.69, 9.17) is 11.5 Å². The molecular formula is C14H15N5O6S2. The molecule has 0 spiro atoms. The lowest BCUT2D eigenvalue weighted by Gasteiger charge is -2.49. The number of β-lactam (4-membered cyclic amide) rings is 1. The molecule has 27 heavy (non-hydrogen) atoms. The largest absolute Gasteiger partial charge is 0.477 e. The van der Waals surface area contributed by atoms with Gasteiger partial charge in [-0.05, 0) is 0 Å². The molecule has 0 aliphatic carbocycles. The first-order chi connectivity index (χ1) is 12.8. The quantitative estimate of drug-likeness (QED) is 0.430. The molecule has 3 rings (SSSR count). The zero-order valence-electron chi connectivity index (χ0n) is 13.7. The summed E-state index contributed by atoms with van der Waals surface area (Å²) in [4.78, 5) is 52.0. The number of fused-ring (bicyclic) bond motifs is 1. The molecule has 3 heterocycles. The maximum Gasteiger partial charge on any atom is 0.404 e. The topological polar surface area (TPSA) is 178 Å². The van der Waals surface area contributed by atoms with E-state index in [1.807, 2.05) is 0 Å². The number of aliphatic carboxylic acids is 1. The van der Waals surface area contributed by atoms with E-state index < -0.39 is 35.3 Å². The average molecular weight is 413 g/mol. The number of primary amides is 1. The molecule has 1 aromatic rings. The highest BCUT2D eigenvalue weighted by Crippen LogP contribution is 2.40. The number of hydrogen-bond acceptors (Lipinski definition) is 9. The number of thioether (sulfide) groups is 1. The summed E-state index contributed by atoms with van der Waals surface area (Å²) in [5.74, 6) is -2.06. The molecule has 0 saturated carbocycles. The Bertz CT molecular complexity index is 853. The molecule has 144 valence electrons. The normalized spacial score (nSPS) is 21.3. The molecule has 2 atom stereocenters. The van der Waals surface area contributed by atoms with Crippen LogP contribution in [0, 0.1) is 0 Å². The van der Waals surface area contributed by atoms with Crippen molar-refractivity contribution >= 4 is 52.1 Å². The Labute approximate surface area is 160 Å². The SMILES string of the molecule is NC(=O)OCC1=C(C(=O)O)N2C(=O)C(NC(=O)Cc3csc(N)n3)[C@@H]2SC1. The van der Waals surface area contributed by atoms with Gasteiger partial charge in [0.25, 0.3) is 5.91 Å². The molecule has 1 aromatic heterocycles. The molecule has 1 unspecified atom stereocenters. The van der Waals surface area contributed by atoms with Crippen molar-refractivity contribution in [2.75, 3.05) is 18.1 Å². The number of amides is 3. The van der Waals surface area contributed by atoms with Gasteiger partial charge in [0.05, 0.1) is 12.1 Å². The van der Waals surface area contributed by atoms with Gasteiger partial charge in [-0.3, -0.25) is 14.5 Å². The number of carbonyl (C=O) groups excluding carboxylic acids is 3. The Morgan fingerprint density at radius 3 is 2.78 bits per heavy atom. The van der Waals surface area contributed by atoms with E-state index in [-0.39, 0.29) is 30.1 Å². The summed E-state index contributed by atoms with van der Waals surface area (Å²) in [5, 5.41) is 13.5. The number of aromatic nitrogens is 1. The summed E-state index contributed by atoms with van der Waals surface area (Å²) in [6.45, 7) is -0.317. The summed E-state index contributed by atoms with van der Waals surface area (Å²) in [5.41, 5.74) is 10.9. The van der Waals surface area contributed by atoms with Crippen molar-refractivity contribution in [1.82, 2.24) is 15.2 Å². The van der Waals surface area contributed by atoms with E-state index in [0.717, 1.165) is 4.90 Å². The van der Waals surface area contributed by atoms with Crippen LogP contribution in [-0.2, 0) is 25.5 Å². The van der Waals surface area contributed by atoms with Gasteiger partial charge in [-0.15, -0.1) is 23.1 Å². The van der Waals surface area contributed by atoms with Gasteiger partial charge in [0.15, 0.2) is 5.13 Å². The fourth-order valence-corrected chi connectivity index (χ4v) is 4.64. The number of nitrogen functional groups attached to an aromatic ring is 1. The van der Waals surface area contributed by atoms with Gasteiger partial charge < -0.3 is 26.6 Å². The van der Waals surface area contributed by atoms with Crippen LogP contribution in [0.25, 0.3) is 0 Å². The number of rotatable bonds is 6. The van der Waals surface area contributed by atoms with Gasteiger partial charge >= 0.3 is 12.1 Å². The number of carboxylic acid groups (broad SMARTS) is 1.